The molecule has 4 heteroatoms. The number of aromatic nitrogens is 2. The van der Waals surface area contributed by atoms with Gasteiger partial charge in [-0.3, -0.25) is 0 Å². The van der Waals surface area contributed by atoms with Crippen LogP contribution in [0.2, 0.25) is 0 Å². The van der Waals surface area contributed by atoms with Crippen LogP contribution in [0, 0.1) is 6.92 Å². The summed E-state index contributed by atoms with van der Waals surface area (Å²) in [5, 5.41) is 0. The van der Waals surface area contributed by atoms with Crippen LogP contribution < -0.4 is 11.5 Å². The number of aryl methyl sites for hydroxylation is 1. The zero-order chi connectivity index (χ0) is 11.5. The summed E-state index contributed by atoms with van der Waals surface area (Å²) in [7, 11) is 0. The molecule has 0 bridgehead atoms. The lowest BCUT2D eigenvalue weighted by Gasteiger charge is -2.05. The van der Waals surface area contributed by atoms with Crippen LogP contribution in [0.3, 0.4) is 0 Å². The van der Waals surface area contributed by atoms with E-state index in [0.29, 0.717) is 18.2 Å². The number of benzene rings is 1. The maximum atomic E-state index is 5.70. The molecule has 0 spiro atoms. The van der Waals surface area contributed by atoms with Crippen LogP contribution in [0.4, 0.5) is 5.82 Å². The average Bonchev–Trinajstić information content (AvgIpc) is 2.28. The highest BCUT2D eigenvalue weighted by molar-refractivity contribution is 5.57. The topological polar surface area (TPSA) is 77.8 Å². The first-order valence-corrected chi connectivity index (χ1v) is 5.09. The Kier molecular flexibility index (Phi) is 2.83. The van der Waals surface area contributed by atoms with E-state index in [-0.39, 0.29) is 0 Å². The van der Waals surface area contributed by atoms with E-state index in [4.69, 9.17) is 11.5 Å². The molecule has 0 fully saturated rings. The highest BCUT2D eigenvalue weighted by atomic mass is 15.0. The highest BCUT2D eigenvalue weighted by Crippen LogP contribution is 2.17. The molecule has 4 N–H and O–H groups in total. The van der Waals surface area contributed by atoms with E-state index in [2.05, 4.69) is 9.97 Å². The minimum atomic E-state index is 0.367. The van der Waals surface area contributed by atoms with Crippen LogP contribution in [-0.4, -0.2) is 9.97 Å². The Hall–Kier alpha value is -1.94. The first kappa shape index (κ1) is 10.6. The Morgan fingerprint density at radius 2 is 2.00 bits per heavy atom. The number of hydrogen-bond acceptors (Lipinski definition) is 4. The van der Waals surface area contributed by atoms with E-state index in [1.54, 1.807) is 6.07 Å². The maximum absolute atomic E-state index is 5.70. The standard InChI is InChI=1S/C12H14N4/c1-8-3-2-4-9(5-8)12-15-10(7-13)6-11(14)16-12/h2-6H,7,13H2,1H3,(H2,14,15,16). The van der Waals surface area contributed by atoms with Crippen molar-refractivity contribution in [3.05, 3.63) is 41.6 Å². The molecule has 0 atom stereocenters. The second-order valence-electron chi connectivity index (χ2n) is 3.68. The fraction of sp³-hybridized carbons (Fsp3) is 0.167. The van der Waals surface area contributed by atoms with E-state index in [0.717, 1.165) is 16.8 Å². The van der Waals surface area contributed by atoms with Gasteiger partial charge < -0.3 is 11.5 Å². The zero-order valence-corrected chi connectivity index (χ0v) is 9.14. The summed E-state index contributed by atoms with van der Waals surface area (Å²) in [5.41, 5.74) is 14.1. The second-order valence-corrected chi connectivity index (χ2v) is 3.68. The van der Waals surface area contributed by atoms with Crippen molar-refractivity contribution in [1.82, 2.24) is 9.97 Å². The summed E-state index contributed by atoms with van der Waals surface area (Å²) < 4.78 is 0. The molecule has 0 amide bonds. The molecule has 0 aliphatic carbocycles. The van der Waals surface area contributed by atoms with Crippen molar-refractivity contribution in [2.75, 3.05) is 5.73 Å². The number of hydrogen-bond donors (Lipinski definition) is 2. The van der Waals surface area contributed by atoms with Crippen molar-refractivity contribution >= 4 is 5.82 Å². The Morgan fingerprint density at radius 1 is 1.19 bits per heavy atom. The third kappa shape index (κ3) is 2.17. The predicted octanol–water partition coefficient (Wildman–Crippen LogP) is 1.49. The second kappa shape index (κ2) is 4.28. The lowest BCUT2D eigenvalue weighted by Crippen LogP contribution is -2.04. The molecule has 0 radical (unpaired) electrons. The minimum Gasteiger partial charge on any atom is -0.384 e. The summed E-state index contributed by atoms with van der Waals surface area (Å²) in [5.74, 6) is 1.08. The van der Waals surface area contributed by atoms with Gasteiger partial charge in [-0.05, 0) is 13.0 Å². The number of rotatable bonds is 2. The SMILES string of the molecule is Cc1cccc(-c2nc(N)cc(CN)n2)c1. The number of nitrogens with zero attached hydrogens (tertiary/aromatic N) is 2. The van der Waals surface area contributed by atoms with Crippen molar-refractivity contribution < 1.29 is 0 Å². The summed E-state index contributed by atoms with van der Waals surface area (Å²) >= 11 is 0. The van der Waals surface area contributed by atoms with Crippen LogP contribution in [0.5, 0.6) is 0 Å². The van der Waals surface area contributed by atoms with Gasteiger partial charge in [0.1, 0.15) is 5.82 Å². The van der Waals surface area contributed by atoms with Crippen LogP contribution >= 0.6 is 0 Å². The van der Waals surface area contributed by atoms with Gasteiger partial charge in [0.05, 0.1) is 5.69 Å². The monoisotopic (exact) mass is 214 g/mol. The molecule has 2 rings (SSSR count). The summed E-state index contributed by atoms with van der Waals surface area (Å²) in [6, 6.07) is 9.68. The molecular weight excluding hydrogens is 200 g/mol. The lowest BCUT2D eigenvalue weighted by atomic mass is 10.1. The molecule has 16 heavy (non-hydrogen) atoms. The first-order chi connectivity index (χ1) is 7.69. The summed E-state index contributed by atoms with van der Waals surface area (Å²) in [4.78, 5) is 8.55. The summed E-state index contributed by atoms with van der Waals surface area (Å²) in [6.07, 6.45) is 0. The molecule has 82 valence electrons. The van der Waals surface area contributed by atoms with Crippen molar-refractivity contribution in [2.24, 2.45) is 5.73 Å². The first-order valence-electron chi connectivity index (χ1n) is 5.09. The molecule has 0 unspecified atom stereocenters. The zero-order valence-electron chi connectivity index (χ0n) is 9.14. The number of nitrogen functional groups attached to an aromatic ring is 1. The fourth-order valence-corrected chi connectivity index (χ4v) is 1.54. The van der Waals surface area contributed by atoms with E-state index in [1.165, 1.54) is 0 Å². The molecule has 0 saturated carbocycles. The van der Waals surface area contributed by atoms with Crippen molar-refractivity contribution in [1.29, 1.82) is 0 Å². The molecule has 2 aromatic rings. The van der Waals surface area contributed by atoms with E-state index >= 15 is 0 Å². The van der Waals surface area contributed by atoms with Crippen molar-refractivity contribution in [2.45, 2.75) is 13.5 Å². The minimum absolute atomic E-state index is 0.367. The molecule has 1 aromatic heterocycles. The van der Waals surface area contributed by atoms with Crippen LogP contribution in [-0.2, 0) is 6.54 Å². The van der Waals surface area contributed by atoms with Crippen LogP contribution in [0.15, 0.2) is 30.3 Å². The van der Waals surface area contributed by atoms with Gasteiger partial charge in [0.25, 0.3) is 0 Å². The van der Waals surface area contributed by atoms with Gasteiger partial charge in [-0.15, -0.1) is 0 Å². The molecular formula is C12H14N4. The largest absolute Gasteiger partial charge is 0.384 e. The quantitative estimate of drug-likeness (QED) is 0.794. The predicted molar refractivity (Wildman–Crippen MR) is 64.5 cm³/mol. The molecule has 4 nitrogen and oxygen atoms in total. The van der Waals surface area contributed by atoms with Gasteiger partial charge in [-0.2, -0.15) is 0 Å². The molecule has 0 saturated heterocycles. The molecule has 1 aromatic carbocycles. The highest BCUT2D eigenvalue weighted by Gasteiger charge is 2.04. The fourth-order valence-electron chi connectivity index (χ4n) is 1.54. The average molecular weight is 214 g/mol. The number of anilines is 1. The van der Waals surface area contributed by atoms with Gasteiger partial charge >= 0.3 is 0 Å². The van der Waals surface area contributed by atoms with Gasteiger partial charge in [-0.1, -0.05) is 23.8 Å². The normalized spacial score (nSPS) is 10.4. The van der Waals surface area contributed by atoms with Gasteiger partial charge in [0.2, 0.25) is 0 Å². The van der Waals surface area contributed by atoms with Crippen LogP contribution in [0.25, 0.3) is 11.4 Å². The Balaban J connectivity index is 2.51. The third-order valence-corrected chi connectivity index (χ3v) is 2.28. The smallest absolute Gasteiger partial charge is 0.161 e. The van der Waals surface area contributed by atoms with Gasteiger partial charge in [0.15, 0.2) is 5.82 Å². The molecule has 0 aliphatic rings. The van der Waals surface area contributed by atoms with Crippen molar-refractivity contribution in [3.63, 3.8) is 0 Å². The van der Waals surface area contributed by atoms with Gasteiger partial charge in [0, 0.05) is 18.2 Å². The number of nitrogens with two attached hydrogens (primary N) is 2. The Morgan fingerprint density at radius 3 is 2.69 bits per heavy atom. The van der Waals surface area contributed by atoms with E-state index in [1.807, 2.05) is 31.2 Å². The van der Waals surface area contributed by atoms with E-state index in [9.17, 15) is 0 Å². The van der Waals surface area contributed by atoms with Crippen molar-refractivity contribution in [3.8, 4) is 11.4 Å². The lowest BCUT2D eigenvalue weighted by molar-refractivity contribution is 0.973. The summed E-state index contributed by atoms with van der Waals surface area (Å²) in [6.45, 7) is 2.39. The molecule has 1 heterocycles. The van der Waals surface area contributed by atoms with E-state index < -0.39 is 0 Å². The maximum Gasteiger partial charge on any atom is 0.161 e. The van der Waals surface area contributed by atoms with Gasteiger partial charge in [-0.25, -0.2) is 9.97 Å². The Labute approximate surface area is 94.3 Å². The molecule has 0 aliphatic heterocycles. The third-order valence-electron chi connectivity index (χ3n) is 2.28. The van der Waals surface area contributed by atoms with Crippen LogP contribution in [0.1, 0.15) is 11.3 Å². The Bertz CT molecular complexity index is 508.